The maximum atomic E-state index is 11.8. The van der Waals surface area contributed by atoms with Gasteiger partial charge in [-0.05, 0) is 18.6 Å². The van der Waals surface area contributed by atoms with Crippen molar-refractivity contribution >= 4 is 15.8 Å². The molecule has 0 saturated heterocycles. The molecule has 0 aromatic heterocycles. The molecule has 0 aliphatic rings. The van der Waals surface area contributed by atoms with Gasteiger partial charge in [0.2, 0.25) is 10.0 Å². The lowest BCUT2D eigenvalue weighted by molar-refractivity contribution is 0.0988. The van der Waals surface area contributed by atoms with Crippen LogP contribution in [0.15, 0.2) is 29.2 Å². The van der Waals surface area contributed by atoms with Gasteiger partial charge in [0.15, 0.2) is 5.78 Å². The van der Waals surface area contributed by atoms with Crippen LogP contribution >= 0.6 is 0 Å². The third-order valence-corrected chi connectivity index (χ3v) is 3.91. The summed E-state index contributed by atoms with van der Waals surface area (Å²) < 4.78 is 25.9. The van der Waals surface area contributed by atoms with Gasteiger partial charge < -0.3 is 5.11 Å². The first-order valence-corrected chi connectivity index (χ1v) is 7.23. The third-order valence-electron chi connectivity index (χ3n) is 2.43. The SMILES string of the molecule is CCC(=O)c1ccc(S(=O)(=O)NCCCO)cc1. The molecule has 0 radical (unpaired) electrons. The van der Waals surface area contributed by atoms with Gasteiger partial charge in [-0.2, -0.15) is 0 Å². The summed E-state index contributed by atoms with van der Waals surface area (Å²) in [5, 5.41) is 8.59. The smallest absolute Gasteiger partial charge is 0.240 e. The topological polar surface area (TPSA) is 83.5 Å². The van der Waals surface area contributed by atoms with Crippen molar-refractivity contribution in [1.29, 1.82) is 0 Å². The maximum absolute atomic E-state index is 11.8. The summed E-state index contributed by atoms with van der Waals surface area (Å²) in [5.74, 6) is -0.0211. The quantitative estimate of drug-likeness (QED) is 0.571. The molecule has 0 unspecified atom stereocenters. The number of hydrogen-bond acceptors (Lipinski definition) is 4. The van der Waals surface area contributed by atoms with Gasteiger partial charge in [0.05, 0.1) is 4.90 Å². The zero-order chi connectivity index (χ0) is 13.6. The lowest BCUT2D eigenvalue weighted by Gasteiger charge is -2.06. The Kier molecular flexibility index (Phi) is 5.46. The molecule has 5 nitrogen and oxygen atoms in total. The minimum atomic E-state index is -3.55. The molecule has 0 fully saturated rings. The molecule has 6 heteroatoms. The van der Waals surface area contributed by atoms with Gasteiger partial charge in [-0.25, -0.2) is 13.1 Å². The van der Waals surface area contributed by atoms with Crippen LogP contribution in [0.3, 0.4) is 0 Å². The molecule has 100 valence electrons. The minimum absolute atomic E-state index is 0.0211. The van der Waals surface area contributed by atoms with Gasteiger partial charge in [0.1, 0.15) is 0 Å². The van der Waals surface area contributed by atoms with Crippen LogP contribution in [0.5, 0.6) is 0 Å². The maximum Gasteiger partial charge on any atom is 0.240 e. The van der Waals surface area contributed by atoms with E-state index in [2.05, 4.69) is 4.72 Å². The summed E-state index contributed by atoms with van der Waals surface area (Å²) >= 11 is 0. The number of nitrogens with one attached hydrogen (secondary N) is 1. The average Bonchev–Trinajstić information content (AvgIpc) is 2.38. The minimum Gasteiger partial charge on any atom is -0.396 e. The van der Waals surface area contributed by atoms with Gasteiger partial charge >= 0.3 is 0 Å². The van der Waals surface area contributed by atoms with Crippen molar-refractivity contribution in [2.75, 3.05) is 13.2 Å². The van der Waals surface area contributed by atoms with Crippen LogP contribution in [0.25, 0.3) is 0 Å². The fraction of sp³-hybridized carbons (Fsp3) is 0.417. The van der Waals surface area contributed by atoms with Crippen molar-refractivity contribution in [3.05, 3.63) is 29.8 Å². The first-order valence-electron chi connectivity index (χ1n) is 5.75. The highest BCUT2D eigenvalue weighted by molar-refractivity contribution is 7.89. The average molecular weight is 271 g/mol. The van der Waals surface area contributed by atoms with Crippen molar-refractivity contribution in [3.8, 4) is 0 Å². The third kappa shape index (κ3) is 3.90. The van der Waals surface area contributed by atoms with E-state index in [1.807, 2.05) is 0 Å². The van der Waals surface area contributed by atoms with E-state index >= 15 is 0 Å². The van der Waals surface area contributed by atoms with Gasteiger partial charge in [0, 0.05) is 25.1 Å². The molecule has 1 aromatic rings. The van der Waals surface area contributed by atoms with Crippen molar-refractivity contribution in [1.82, 2.24) is 4.72 Å². The van der Waals surface area contributed by atoms with Gasteiger partial charge in [-0.3, -0.25) is 4.79 Å². The molecule has 0 atom stereocenters. The molecule has 0 amide bonds. The molecule has 0 bridgehead atoms. The summed E-state index contributed by atoms with van der Waals surface area (Å²) in [6.07, 6.45) is 0.756. The Labute approximate surface area is 107 Å². The second-order valence-corrected chi connectivity index (χ2v) is 5.54. The van der Waals surface area contributed by atoms with E-state index < -0.39 is 10.0 Å². The predicted octanol–water partition coefficient (Wildman–Crippen LogP) is 0.940. The van der Waals surface area contributed by atoms with E-state index in [1.54, 1.807) is 6.92 Å². The molecule has 18 heavy (non-hydrogen) atoms. The molecule has 2 N–H and O–H groups in total. The highest BCUT2D eigenvalue weighted by Crippen LogP contribution is 2.11. The zero-order valence-electron chi connectivity index (χ0n) is 10.2. The largest absolute Gasteiger partial charge is 0.396 e. The number of ketones is 1. The van der Waals surface area contributed by atoms with Crippen LogP contribution < -0.4 is 4.72 Å². The van der Waals surface area contributed by atoms with E-state index in [0.717, 1.165) is 0 Å². The molecular weight excluding hydrogens is 254 g/mol. The van der Waals surface area contributed by atoms with Gasteiger partial charge in [0.25, 0.3) is 0 Å². The number of rotatable bonds is 7. The Bertz CT molecular complexity index is 493. The van der Waals surface area contributed by atoms with Crippen LogP contribution in [0, 0.1) is 0 Å². The predicted molar refractivity (Wildman–Crippen MR) is 68.0 cm³/mol. The molecular formula is C12H17NO4S. The molecule has 0 aliphatic heterocycles. The summed E-state index contributed by atoms with van der Waals surface area (Å²) in [7, 11) is -3.55. The summed E-state index contributed by atoms with van der Waals surface area (Å²) in [6, 6.07) is 5.83. The lowest BCUT2D eigenvalue weighted by atomic mass is 10.1. The number of hydrogen-bond donors (Lipinski definition) is 2. The Morgan fingerprint density at radius 3 is 2.39 bits per heavy atom. The summed E-state index contributed by atoms with van der Waals surface area (Å²) in [6.45, 7) is 1.88. The number of benzene rings is 1. The van der Waals surface area contributed by atoms with Crippen LogP contribution in [-0.2, 0) is 10.0 Å². The van der Waals surface area contributed by atoms with E-state index in [4.69, 9.17) is 5.11 Å². The molecule has 1 aromatic carbocycles. The van der Waals surface area contributed by atoms with Crippen molar-refractivity contribution in [3.63, 3.8) is 0 Å². The summed E-state index contributed by atoms with van der Waals surface area (Å²) in [5.41, 5.74) is 0.506. The van der Waals surface area contributed by atoms with E-state index in [9.17, 15) is 13.2 Å². The molecule has 0 heterocycles. The standard InChI is InChI=1S/C12H17NO4S/c1-2-12(15)10-4-6-11(7-5-10)18(16,17)13-8-3-9-14/h4-7,13-14H,2-3,8-9H2,1H3. The fourth-order valence-electron chi connectivity index (χ4n) is 1.39. The lowest BCUT2D eigenvalue weighted by Crippen LogP contribution is -2.25. The summed E-state index contributed by atoms with van der Waals surface area (Å²) in [4.78, 5) is 11.5. The number of sulfonamides is 1. The number of carbonyl (C=O) groups excluding carboxylic acids is 1. The van der Waals surface area contributed by atoms with Gasteiger partial charge in [-0.1, -0.05) is 19.1 Å². The van der Waals surface area contributed by atoms with E-state index in [-0.39, 0.29) is 23.8 Å². The fourth-order valence-corrected chi connectivity index (χ4v) is 2.47. The first kappa shape index (κ1) is 14.8. The second kappa shape index (κ2) is 6.63. The highest BCUT2D eigenvalue weighted by Gasteiger charge is 2.13. The van der Waals surface area contributed by atoms with E-state index in [0.29, 0.717) is 18.4 Å². The van der Waals surface area contributed by atoms with Crippen molar-refractivity contribution in [2.45, 2.75) is 24.7 Å². The van der Waals surface area contributed by atoms with Crippen LogP contribution in [-0.4, -0.2) is 32.5 Å². The van der Waals surface area contributed by atoms with Crippen LogP contribution in [0.1, 0.15) is 30.1 Å². The number of carbonyl (C=O) groups is 1. The van der Waals surface area contributed by atoms with Crippen LogP contribution in [0.4, 0.5) is 0 Å². The Balaban J connectivity index is 2.81. The Morgan fingerprint density at radius 2 is 1.89 bits per heavy atom. The Hall–Kier alpha value is -1.24. The molecule has 0 spiro atoms. The number of Topliss-reactive ketones (excluding diaryl/α,β-unsaturated/α-hetero) is 1. The monoisotopic (exact) mass is 271 g/mol. The molecule has 1 rings (SSSR count). The normalized spacial score (nSPS) is 11.4. The highest BCUT2D eigenvalue weighted by atomic mass is 32.2. The van der Waals surface area contributed by atoms with Gasteiger partial charge in [-0.15, -0.1) is 0 Å². The second-order valence-electron chi connectivity index (χ2n) is 3.78. The van der Waals surface area contributed by atoms with Crippen LogP contribution in [0.2, 0.25) is 0 Å². The molecule has 0 saturated carbocycles. The van der Waals surface area contributed by atoms with Crippen molar-refractivity contribution in [2.24, 2.45) is 0 Å². The zero-order valence-corrected chi connectivity index (χ0v) is 11.0. The number of aliphatic hydroxyl groups excluding tert-OH is 1. The van der Waals surface area contributed by atoms with E-state index in [1.165, 1.54) is 24.3 Å². The van der Waals surface area contributed by atoms with Crippen molar-refractivity contribution < 1.29 is 18.3 Å². The Morgan fingerprint density at radius 1 is 1.28 bits per heavy atom. The molecule has 0 aliphatic carbocycles. The number of aliphatic hydroxyl groups is 1. The first-order chi connectivity index (χ1) is 8.51.